The maximum atomic E-state index is 6.69. The highest BCUT2D eigenvalue weighted by Crippen LogP contribution is 2.50. The second kappa shape index (κ2) is 12.8. The van der Waals surface area contributed by atoms with Crippen molar-refractivity contribution in [3.8, 4) is 39.7 Å². The lowest BCUT2D eigenvalue weighted by atomic mass is 9.80. The van der Waals surface area contributed by atoms with Gasteiger partial charge in [0.15, 0.2) is 17.5 Å². The van der Waals surface area contributed by atoms with Crippen LogP contribution >= 0.6 is 0 Å². The molecule has 0 N–H and O–H groups in total. The van der Waals surface area contributed by atoms with Crippen molar-refractivity contribution < 1.29 is 4.74 Å². The predicted octanol–water partition coefficient (Wildman–Crippen LogP) is 12.4. The topological polar surface area (TPSA) is 47.9 Å². The highest BCUT2D eigenvalue weighted by Gasteiger charge is 2.40. The van der Waals surface area contributed by atoms with Crippen molar-refractivity contribution in [3.63, 3.8) is 0 Å². The molecule has 0 amide bonds. The van der Waals surface area contributed by atoms with Crippen molar-refractivity contribution in [2.24, 2.45) is 0 Å². The number of aromatic nitrogens is 3. The lowest BCUT2D eigenvalue weighted by Crippen LogP contribution is -2.22. The molecular formula is C51H33N3O. The smallest absolute Gasteiger partial charge is 0.164 e. The minimum atomic E-state index is -0.208. The molecule has 0 bridgehead atoms. The Hall–Kier alpha value is -7.17. The fourth-order valence-corrected chi connectivity index (χ4v) is 8.23. The zero-order valence-electron chi connectivity index (χ0n) is 29.8. The van der Waals surface area contributed by atoms with Crippen LogP contribution in [-0.4, -0.2) is 21.1 Å². The van der Waals surface area contributed by atoms with Gasteiger partial charge in [-0.25, -0.2) is 15.0 Å². The molecule has 55 heavy (non-hydrogen) atoms. The summed E-state index contributed by atoms with van der Waals surface area (Å²) in [5.74, 6) is 2.73. The monoisotopic (exact) mass is 703 g/mol. The van der Waals surface area contributed by atoms with Gasteiger partial charge in [-0.3, -0.25) is 0 Å². The van der Waals surface area contributed by atoms with Crippen molar-refractivity contribution >= 4 is 43.5 Å². The molecule has 0 radical (unpaired) electrons. The lowest BCUT2D eigenvalue weighted by Gasteiger charge is -2.25. The number of para-hydroxylation sites is 1. The molecule has 4 nitrogen and oxygen atoms in total. The van der Waals surface area contributed by atoms with E-state index in [4.69, 9.17) is 19.7 Å². The standard InChI is InChI=1S/C51H33N3O/c1-2-10-32(11-3-1)38-22-19-35-21-25-41(29-42(35)28-38)50-52-49(40-24-20-34-13-5-7-15-37(34)27-40)53-51(54-50)45-30-43(39-23-18-33-12-4-6-14-36(33)26-39)31-47-48(45)44-16-8-9-17-46(44)55-47/h1-31,47-48H. The van der Waals surface area contributed by atoms with Gasteiger partial charge < -0.3 is 4.74 Å². The highest BCUT2D eigenvalue weighted by molar-refractivity contribution is 5.94. The Morgan fingerprint density at radius 3 is 1.60 bits per heavy atom. The fraction of sp³-hybridized carbons (Fsp3) is 0.0392. The summed E-state index contributed by atoms with van der Waals surface area (Å²) in [5, 5.41) is 7.01. The number of benzene rings is 8. The van der Waals surface area contributed by atoms with Crippen molar-refractivity contribution in [3.05, 3.63) is 205 Å². The quantitative estimate of drug-likeness (QED) is 0.179. The molecule has 0 saturated heterocycles. The number of fused-ring (bicyclic) bond motifs is 6. The Balaban J connectivity index is 1.11. The van der Waals surface area contributed by atoms with E-state index in [0.29, 0.717) is 17.5 Å². The van der Waals surface area contributed by atoms with E-state index in [0.717, 1.165) is 55.3 Å². The zero-order valence-corrected chi connectivity index (χ0v) is 29.8. The van der Waals surface area contributed by atoms with Crippen LogP contribution in [0, 0.1) is 0 Å². The molecule has 2 aliphatic rings. The molecule has 9 aromatic rings. The molecule has 1 aromatic heterocycles. The molecule has 2 heterocycles. The molecule has 258 valence electrons. The van der Waals surface area contributed by atoms with Crippen LogP contribution in [0.2, 0.25) is 0 Å². The van der Waals surface area contributed by atoms with Gasteiger partial charge in [0.25, 0.3) is 0 Å². The van der Waals surface area contributed by atoms with E-state index < -0.39 is 0 Å². The van der Waals surface area contributed by atoms with E-state index in [9.17, 15) is 0 Å². The summed E-state index contributed by atoms with van der Waals surface area (Å²) in [4.78, 5) is 15.9. The number of ether oxygens (including phenoxy) is 1. The maximum absolute atomic E-state index is 6.69. The van der Waals surface area contributed by atoms with Crippen molar-refractivity contribution in [2.75, 3.05) is 0 Å². The Morgan fingerprint density at radius 2 is 0.891 bits per heavy atom. The average Bonchev–Trinajstić information content (AvgIpc) is 3.64. The van der Waals surface area contributed by atoms with Crippen molar-refractivity contribution in [2.45, 2.75) is 12.0 Å². The van der Waals surface area contributed by atoms with Gasteiger partial charge in [0.05, 0.1) is 5.92 Å². The molecule has 4 heteroatoms. The van der Waals surface area contributed by atoms with Gasteiger partial charge in [-0.2, -0.15) is 0 Å². The minimum absolute atomic E-state index is 0.0786. The van der Waals surface area contributed by atoms with E-state index in [1.807, 2.05) is 6.07 Å². The molecule has 0 spiro atoms. The average molecular weight is 704 g/mol. The third-order valence-corrected chi connectivity index (χ3v) is 11.0. The molecular weight excluding hydrogens is 671 g/mol. The third-order valence-electron chi connectivity index (χ3n) is 11.0. The van der Waals surface area contributed by atoms with Crippen LogP contribution in [0.25, 0.3) is 77.4 Å². The van der Waals surface area contributed by atoms with Gasteiger partial charge in [-0.15, -0.1) is 0 Å². The summed E-state index contributed by atoms with van der Waals surface area (Å²) in [6, 6.07) is 62.0. The molecule has 0 saturated carbocycles. The largest absolute Gasteiger partial charge is 0.485 e. The van der Waals surface area contributed by atoms with E-state index in [1.54, 1.807) is 0 Å². The Kier molecular flexibility index (Phi) is 7.27. The first-order valence-corrected chi connectivity index (χ1v) is 18.7. The Labute approximate surface area is 318 Å². The number of rotatable bonds is 5. The van der Waals surface area contributed by atoms with Crippen LogP contribution in [-0.2, 0) is 0 Å². The van der Waals surface area contributed by atoms with Crippen LogP contribution in [0.15, 0.2) is 188 Å². The molecule has 11 rings (SSSR count). The van der Waals surface area contributed by atoms with Gasteiger partial charge >= 0.3 is 0 Å². The van der Waals surface area contributed by atoms with E-state index in [2.05, 4.69) is 182 Å². The number of allylic oxidation sites excluding steroid dienone is 2. The number of hydrogen-bond donors (Lipinski definition) is 0. The zero-order chi connectivity index (χ0) is 36.3. The summed E-state index contributed by atoms with van der Waals surface area (Å²) in [6.07, 6.45) is 4.32. The van der Waals surface area contributed by atoms with Crippen LogP contribution in [0.4, 0.5) is 0 Å². The molecule has 1 aliphatic carbocycles. The molecule has 1 aliphatic heterocycles. The first kappa shape index (κ1) is 31.4. The number of hydrogen-bond acceptors (Lipinski definition) is 4. The normalized spacial score (nSPS) is 16.0. The van der Waals surface area contributed by atoms with Gasteiger partial charge in [-0.05, 0) is 97.1 Å². The highest BCUT2D eigenvalue weighted by atomic mass is 16.5. The summed E-state index contributed by atoms with van der Waals surface area (Å²) >= 11 is 0. The predicted molar refractivity (Wildman–Crippen MR) is 225 cm³/mol. The van der Waals surface area contributed by atoms with E-state index >= 15 is 0 Å². The summed E-state index contributed by atoms with van der Waals surface area (Å²) < 4.78 is 6.69. The van der Waals surface area contributed by atoms with Gasteiger partial charge in [0.1, 0.15) is 11.9 Å². The van der Waals surface area contributed by atoms with Crippen molar-refractivity contribution in [1.29, 1.82) is 0 Å². The van der Waals surface area contributed by atoms with Crippen molar-refractivity contribution in [1.82, 2.24) is 15.0 Å². The van der Waals surface area contributed by atoms with Gasteiger partial charge in [-0.1, -0.05) is 146 Å². The number of nitrogens with zero attached hydrogens (tertiary/aromatic N) is 3. The minimum Gasteiger partial charge on any atom is -0.485 e. The summed E-state index contributed by atoms with van der Waals surface area (Å²) in [6.45, 7) is 0. The van der Waals surface area contributed by atoms with E-state index in [1.165, 1.54) is 27.3 Å². The van der Waals surface area contributed by atoms with Crippen LogP contribution in [0.1, 0.15) is 22.9 Å². The van der Waals surface area contributed by atoms with Crippen LogP contribution in [0.3, 0.4) is 0 Å². The lowest BCUT2D eigenvalue weighted by molar-refractivity contribution is 0.272. The summed E-state index contributed by atoms with van der Waals surface area (Å²) in [7, 11) is 0. The van der Waals surface area contributed by atoms with Gasteiger partial charge in [0.2, 0.25) is 0 Å². The Morgan fingerprint density at radius 1 is 0.382 bits per heavy atom. The van der Waals surface area contributed by atoms with E-state index in [-0.39, 0.29) is 12.0 Å². The molecule has 8 aromatic carbocycles. The second-order valence-corrected chi connectivity index (χ2v) is 14.4. The third kappa shape index (κ3) is 5.58. The molecule has 0 fully saturated rings. The maximum Gasteiger partial charge on any atom is 0.164 e. The van der Waals surface area contributed by atoms with Gasteiger partial charge in [0, 0.05) is 22.3 Å². The molecule has 2 unspecified atom stereocenters. The summed E-state index contributed by atoms with van der Waals surface area (Å²) in [5.41, 5.74) is 8.60. The first-order valence-electron chi connectivity index (χ1n) is 18.7. The fourth-order valence-electron chi connectivity index (χ4n) is 8.23. The molecule has 2 atom stereocenters. The SMILES string of the molecule is C1=C(c2ccc3ccccc3c2)C=C(c2nc(-c3ccc4ccccc4c3)nc(-c3ccc4ccc(-c5ccccc5)cc4c3)n2)C2c3ccccc3OC12. The first-order chi connectivity index (χ1) is 27.2. The van der Waals surface area contributed by atoms with Crippen LogP contribution < -0.4 is 4.74 Å². The second-order valence-electron chi connectivity index (χ2n) is 14.4. The van der Waals surface area contributed by atoms with Crippen LogP contribution in [0.5, 0.6) is 5.75 Å². The Bertz CT molecular complexity index is 3040.